The van der Waals surface area contributed by atoms with E-state index in [1.54, 1.807) is 4.90 Å². The lowest BCUT2D eigenvalue weighted by Crippen LogP contribution is -2.31. The first-order chi connectivity index (χ1) is 11.2. The van der Waals surface area contributed by atoms with Crippen LogP contribution in [0.15, 0.2) is 54.6 Å². The predicted octanol–water partition coefficient (Wildman–Crippen LogP) is 3.94. The van der Waals surface area contributed by atoms with E-state index < -0.39 is 0 Å². The van der Waals surface area contributed by atoms with Crippen molar-refractivity contribution < 1.29 is 9.53 Å². The van der Waals surface area contributed by atoms with E-state index >= 15 is 0 Å². The Morgan fingerprint density at radius 1 is 1.04 bits per heavy atom. The van der Waals surface area contributed by atoms with Gasteiger partial charge in [-0.05, 0) is 50.2 Å². The van der Waals surface area contributed by atoms with Crippen LogP contribution in [0.25, 0.3) is 0 Å². The van der Waals surface area contributed by atoms with E-state index in [9.17, 15) is 4.79 Å². The molecule has 4 nitrogen and oxygen atoms in total. The second-order valence-corrected chi connectivity index (χ2v) is 5.11. The minimum Gasteiger partial charge on any atom is -0.494 e. The van der Waals surface area contributed by atoms with Gasteiger partial charge in [-0.15, -0.1) is 0 Å². The van der Waals surface area contributed by atoms with E-state index in [0.29, 0.717) is 26.1 Å². The molecule has 2 rings (SSSR count). The molecule has 0 bridgehead atoms. The van der Waals surface area contributed by atoms with Crippen molar-refractivity contribution in [2.45, 2.75) is 20.3 Å². The quantitative estimate of drug-likeness (QED) is 0.802. The summed E-state index contributed by atoms with van der Waals surface area (Å²) < 4.78 is 5.41. The van der Waals surface area contributed by atoms with Gasteiger partial charge in [-0.1, -0.05) is 18.2 Å². The van der Waals surface area contributed by atoms with Gasteiger partial charge in [-0.25, -0.2) is 0 Å². The number of nitrogens with zero attached hydrogens (tertiary/aromatic N) is 1. The zero-order chi connectivity index (χ0) is 16.5. The van der Waals surface area contributed by atoms with Crippen molar-refractivity contribution >= 4 is 17.3 Å². The van der Waals surface area contributed by atoms with E-state index in [0.717, 1.165) is 17.1 Å². The Labute approximate surface area is 138 Å². The highest BCUT2D eigenvalue weighted by Crippen LogP contribution is 2.16. The molecule has 1 N–H and O–H groups in total. The first-order valence-electron chi connectivity index (χ1n) is 8.06. The molecule has 2 aromatic rings. The average Bonchev–Trinajstić information content (AvgIpc) is 2.58. The molecule has 0 aliphatic carbocycles. The van der Waals surface area contributed by atoms with Gasteiger partial charge in [0.1, 0.15) is 5.75 Å². The van der Waals surface area contributed by atoms with E-state index in [2.05, 4.69) is 5.32 Å². The lowest BCUT2D eigenvalue weighted by atomic mass is 10.2. The summed E-state index contributed by atoms with van der Waals surface area (Å²) in [6, 6.07) is 17.5. The van der Waals surface area contributed by atoms with Crippen LogP contribution < -0.4 is 15.0 Å². The zero-order valence-electron chi connectivity index (χ0n) is 13.8. The largest absolute Gasteiger partial charge is 0.494 e. The van der Waals surface area contributed by atoms with Crippen LogP contribution in [0.4, 0.5) is 11.4 Å². The number of benzene rings is 2. The molecule has 2 aromatic carbocycles. The highest BCUT2D eigenvalue weighted by atomic mass is 16.5. The van der Waals surface area contributed by atoms with Gasteiger partial charge >= 0.3 is 0 Å². The van der Waals surface area contributed by atoms with E-state index in [-0.39, 0.29) is 5.91 Å². The first kappa shape index (κ1) is 16.9. The molecule has 0 heterocycles. The van der Waals surface area contributed by atoms with E-state index in [1.807, 2.05) is 68.4 Å². The fourth-order valence-corrected chi connectivity index (χ4v) is 2.40. The molecule has 0 radical (unpaired) electrons. The van der Waals surface area contributed by atoms with Crippen molar-refractivity contribution in [3.05, 3.63) is 54.6 Å². The maximum atomic E-state index is 12.4. The van der Waals surface area contributed by atoms with Gasteiger partial charge < -0.3 is 15.0 Å². The van der Waals surface area contributed by atoms with Crippen molar-refractivity contribution in [1.29, 1.82) is 0 Å². The van der Waals surface area contributed by atoms with Gasteiger partial charge in [-0.2, -0.15) is 0 Å². The minimum absolute atomic E-state index is 0.122. The fourth-order valence-electron chi connectivity index (χ4n) is 2.40. The molecule has 0 atom stereocenters. The maximum Gasteiger partial charge on any atom is 0.228 e. The topological polar surface area (TPSA) is 41.6 Å². The van der Waals surface area contributed by atoms with Gasteiger partial charge in [-0.3, -0.25) is 4.79 Å². The number of carbonyl (C=O) groups excluding carboxylic acids is 1. The molecule has 23 heavy (non-hydrogen) atoms. The molecule has 0 spiro atoms. The van der Waals surface area contributed by atoms with E-state index in [1.165, 1.54) is 0 Å². The van der Waals surface area contributed by atoms with Crippen molar-refractivity contribution in [1.82, 2.24) is 0 Å². The highest BCUT2D eigenvalue weighted by molar-refractivity contribution is 5.93. The third-order valence-corrected chi connectivity index (χ3v) is 3.52. The summed E-state index contributed by atoms with van der Waals surface area (Å²) in [5.74, 6) is 0.979. The third-order valence-electron chi connectivity index (χ3n) is 3.52. The van der Waals surface area contributed by atoms with Crippen LogP contribution in [0.3, 0.4) is 0 Å². The molecule has 0 aliphatic heterocycles. The average molecular weight is 312 g/mol. The summed E-state index contributed by atoms with van der Waals surface area (Å²) in [6.07, 6.45) is 0.454. The van der Waals surface area contributed by atoms with Crippen LogP contribution in [-0.2, 0) is 4.79 Å². The minimum atomic E-state index is 0.122. The molecule has 4 heteroatoms. The van der Waals surface area contributed by atoms with Crippen LogP contribution in [0.1, 0.15) is 20.3 Å². The molecular weight excluding hydrogens is 288 g/mol. The molecule has 0 saturated carbocycles. The standard InChI is InChI=1S/C19H24N2O2/c1-3-21(17-8-6-5-7-9-17)19(22)14-15-20-16-10-12-18(13-11-16)23-4-2/h5-13,20H,3-4,14-15H2,1-2H3. The van der Waals surface area contributed by atoms with Gasteiger partial charge in [0.25, 0.3) is 0 Å². The van der Waals surface area contributed by atoms with Gasteiger partial charge in [0.05, 0.1) is 6.61 Å². The monoisotopic (exact) mass is 312 g/mol. The molecule has 1 amide bonds. The van der Waals surface area contributed by atoms with Crippen LogP contribution in [0.5, 0.6) is 5.75 Å². The summed E-state index contributed by atoms with van der Waals surface area (Å²) >= 11 is 0. The number of rotatable bonds is 8. The van der Waals surface area contributed by atoms with E-state index in [4.69, 9.17) is 4.74 Å². The summed E-state index contributed by atoms with van der Waals surface area (Å²) in [4.78, 5) is 14.2. The molecular formula is C19H24N2O2. The summed E-state index contributed by atoms with van der Waals surface area (Å²) in [5.41, 5.74) is 1.94. The number of carbonyl (C=O) groups is 1. The van der Waals surface area contributed by atoms with Crippen LogP contribution in [-0.4, -0.2) is 25.6 Å². The predicted molar refractivity (Wildman–Crippen MR) is 95.2 cm³/mol. The van der Waals surface area contributed by atoms with Gasteiger partial charge in [0, 0.05) is 30.9 Å². The summed E-state index contributed by atoms with van der Waals surface area (Å²) in [7, 11) is 0. The molecule has 0 aromatic heterocycles. The number of anilines is 2. The highest BCUT2D eigenvalue weighted by Gasteiger charge is 2.12. The van der Waals surface area contributed by atoms with Gasteiger partial charge in [0.15, 0.2) is 0 Å². The number of nitrogens with one attached hydrogen (secondary N) is 1. The Bertz CT molecular complexity index is 597. The number of para-hydroxylation sites is 1. The normalized spacial score (nSPS) is 10.2. The van der Waals surface area contributed by atoms with Crippen molar-refractivity contribution in [3.63, 3.8) is 0 Å². The number of ether oxygens (including phenoxy) is 1. The molecule has 0 fully saturated rings. The third kappa shape index (κ3) is 5.02. The SMILES string of the molecule is CCOc1ccc(NCCC(=O)N(CC)c2ccccc2)cc1. The van der Waals surface area contributed by atoms with Gasteiger partial charge in [0.2, 0.25) is 5.91 Å². The van der Waals surface area contributed by atoms with Crippen molar-refractivity contribution in [2.24, 2.45) is 0 Å². The molecule has 122 valence electrons. The second-order valence-electron chi connectivity index (χ2n) is 5.11. The second kappa shape index (κ2) is 8.83. The van der Waals surface area contributed by atoms with Crippen molar-refractivity contribution in [2.75, 3.05) is 29.9 Å². The van der Waals surface area contributed by atoms with Crippen LogP contribution in [0.2, 0.25) is 0 Å². The Hall–Kier alpha value is -2.49. The van der Waals surface area contributed by atoms with Crippen LogP contribution in [0, 0.1) is 0 Å². The molecule has 0 aliphatic rings. The Morgan fingerprint density at radius 3 is 2.35 bits per heavy atom. The number of amides is 1. The molecule has 0 saturated heterocycles. The summed E-state index contributed by atoms with van der Waals surface area (Å²) in [5, 5.41) is 3.27. The zero-order valence-corrected chi connectivity index (χ0v) is 13.8. The van der Waals surface area contributed by atoms with Crippen molar-refractivity contribution in [3.8, 4) is 5.75 Å². The Morgan fingerprint density at radius 2 is 1.74 bits per heavy atom. The summed E-state index contributed by atoms with van der Waals surface area (Å²) in [6.45, 7) is 5.89. The van der Waals surface area contributed by atoms with Crippen LogP contribution >= 0.6 is 0 Å². The lowest BCUT2D eigenvalue weighted by Gasteiger charge is -2.21. The number of hydrogen-bond donors (Lipinski definition) is 1. The maximum absolute atomic E-state index is 12.4. The number of hydrogen-bond acceptors (Lipinski definition) is 3. The Kier molecular flexibility index (Phi) is 6.48. The fraction of sp³-hybridized carbons (Fsp3) is 0.316. The smallest absolute Gasteiger partial charge is 0.228 e. The molecule has 0 unspecified atom stereocenters. The Balaban J connectivity index is 1.84. The first-order valence-corrected chi connectivity index (χ1v) is 8.06. The lowest BCUT2D eigenvalue weighted by molar-refractivity contribution is -0.118.